The summed E-state index contributed by atoms with van der Waals surface area (Å²) in [6, 6.07) is -1.15. The Morgan fingerprint density at radius 2 is 1.61 bits per heavy atom. The van der Waals surface area contributed by atoms with E-state index in [9.17, 15) is 39.3 Å². The zero-order valence-electron chi connectivity index (χ0n) is 43.1. The number of hydrogen-bond donors (Lipinski definition) is 3. The van der Waals surface area contributed by atoms with Crippen LogP contribution < -0.4 is 0 Å². The van der Waals surface area contributed by atoms with E-state index in [2.05, 4.69) is 0 Å². The summed E-state index contributed by atoms with van der Waals surface area (Å²) in [6.07, 6.45) is 12.1. The van der Waals surface area contributed by atoms with E-state index in [4.69, 9.17) is 28.4 Å². The van der Waals surface area contributed by atoms with Crippen LogP contribution in [0.25, 0.3) is 0 Å². The lowest BCUT2D eigenvalue weighted by molar-refractivity contribution is -0.266. The maximum Gasteiger partial charge on any atom is 0.329 e. The Balaban J connectivity index is 1.71. The molecule has 3 fully saturated rings. The normalized spacial score (nSPS) is 38.8. The lowest BCUT2D eigenvalue weighted by atomic mass is 9.78. The Hall–Kier alpha value is -3.41. The number of ether oxygens (including phenoxy) is 6. The number of aliphatic hydroxyl groups is 3. The van der Waals surface area contributed by atoms with Crippen molar-refractivity contribution >= 4 is 29.2 Å². The number of carbonyl (C=O) groups excluding carboxylic acids is 5. The first kappa shape index (κ1) is 58.2. The van der Waals surface area contributed by atoms with Gasteiger partial charge in [0.1, 0.15) is 30.1 Å². The molecular formula is C54H85NO14. The third-order valence-electron chi connectivity index (χ3n) is 15.0. The van der Waals surface area contributed by atoms with Crippen LogP contribution in [-0.4, -0.2) is 145 Å². The van der Waals surface area contributed by atoms with Gasteiger partial charge in [0.05, 0.1) is 37.6 Å². The van der Waals surface area contributed by atoms with Crippen LogP contribution >= 0.6 is 0 Å². The number of amides is 1. The minimum atomic E-state index is -2.43. The zero-order valence-corrected chi connectivity index (χ0v) is 43.1. The molecule has 0 spiro atoms. The van der Waals surface area contributed by atoms with E-state index in [0.29, 0.717) is 70.0 Å². The second-order valence-electron chi connectivity index (χ2n) is 20.4. The fraction of sp³-hybridized carbons (Fsp3) is 0.759. The number of Topliss-reactive ketones (excluding diaryl/α,β-unsaturated/α-hetero) is 3. The van der Waals surface area contributed by atoms with Crippen molar-refractivity contribution in [3.8, 4) is 0 Å². The fourth-order valence-corrected chi connectivity index (χ4v) is 10.6. The van der Waals surface area contributed by atoms with Gasteiger partial charge in [-0.15, -0.1) is 0 Å². The fourth-order valence-electron chi connectivity index (χ4n) is 10.6. The minimum absolute atomic E-state index is 0.0153. The average Bonchev–Trinajstić information content (AvgIpc) is 3.33. The van der Waals surface area contributed by atoms with Gasteiger partial charge in [0.2, 0.25) is 5.79 Å². The van der Waals surface area contributed by atoms with E-state index in [0.717, 1.165) is 12.0 Å². The van der Waals surface area contributed by atoms with Crippen molar-refractivity contribution in [3.63, 3.8) is 0 Å². The monoisotopic (exact) mass is 972 g/mol. The summed E-state index contributed by atoms with van der Waals surface area (Å²) in [5.74, 6) is -7.96. The number of aliphatic hydroxyl groups excluding tert-OH is 2. The topological polar surface area (TPSA) is 205 Å². The SMILES string of the molecule is CCO[C@H]1CC2CC[C@@H](C)[C@@](O)(O2)C(=O)C(=O)N2CCCC[C@H]2C(=O)O[C@H]([C@H](C)C[C@@H]2CC[C@@H](OCCO)[C@H](OC)C2)CC(=O)[C@H](C)/C=C(\C)[C@@H](O)[C@@H](OC)C(=O)[C@H](C)C[C@H](C)/C=C/C=C/C=C/1C. The summed E-state index contributed by atoms with van der Waals surface area (Å²) in [7, 11) is 3.01. The van der Waals surface area contributed by atoms with Gasteiger partial charge in [0.25, 0.3) is 11.7 Å². The van der Waals surface area contributed by atoms with Crippen molar-refractivity contribution in [2.24, 2.45) is 35.5 Å². The Bertz CT molecular complexity index is 1830. The molecule has 1 amide bonds. The number of carbonyl (C=O) groups is 5. The number of allylic oxidation sites excluding steroid dienone is 6. The summed E-state index contributed by atoms with van der Waals surface area (Å²) >= 11 is 0. The predicted octanol–water partition coefficient (Wildman–Crippen LogP) is 6.59. The third-order valence-corrected chi connectivity index (χ3v) is 15.0. The van der Waals surface area contributed by atoms with Gasteiger partial charge in [-0.1, -0.05) is 71.1 Å². The first-order chi connectivity index (χ1) is 32.8. The summed E-state index contributed by atoms with van der Waals surface area (Å²) in [5.41, 5.74) is 1.28. The molecule has 1 unspecified atom stereocenters. The number of nitrogens with zero attached hydrogens (tertiary/aromatic N) is 1. The molecule has 2 bridgehead atoms. The van der Waals surface area contributed by atoms with Crippen molar-refractivity contribution < 1.29 is 67.7 Å². The van der Waals surface area contributed by atoms with Gasteiger partial charge in [-0.3, -0.25) is 19.2 Å². The van der Waals surface area contributed by atoms with Crippen LogP contribution in [0.15, 0.2) is 47.6 Å². The highest BCUT2D eigenvalue weighted by Gasteiger charge is 2.53. The Kier molecular flexibility index (Phi) is 23.6. The third kappa shape index (κ3) is 16.0. The number of piperidine rings is 1. The molecule has 1 aliphatic carbocycles. The van der Waals surface area contributed by atoms with Crippen LogP contribution in [-0.2, 0) is 52.4 Å². The maximum atomic E-state index is 14.5. The highest BCUT2D eigenvalue weighted by atomic mass is 16.6. The number of hydrogen-bond acceptors (Lipinski definition) is 14. The second kappa shape index (κ2) is 28.0. The van der Waals surface area contributed by atoms with Crippen molar-refractivity contribution in [1.82, 2.24) is 4.90 Å². The minimum Gasteiger partial charge on any atom is -0.460 e. The van der Waals surface area contributed by atoms with Crippen LogP contribution in [0.1, 0.15) is 132 Å². The molecule has 0 aromatic rings. The molecule has 0 aromatic carbocycles. The molecule has 4 aliphatic rings. The van der Waals surface area contributed by atoms with Crippen molar-refractivity contribution in [1.29, 1.82) is 0 Å². The van der Waals surface area contributed by atoms with E-state index >= 15 is 0 Å². The van der Waals surface area contributed by atoms with Gasteiger partial charge in [-0.2, -0.15) is 0 Å². The van der Waals surface area contributed by atoms with E-state index < -0.39 is 77.8 Å². The number of fused-ring (bicyclic) bond motifs is 3. The Morgan fingerprint density at radius 3 is 2.29 bits per heavy atom. The largest absolute Gasteiger partial charge is 0.460 e. The highest BCUT2D eigenvalue weighted by Crippen LogP contribution is 2.38. The van der Waals surface area contributed by atoms with E-state index in [-0.39, 0.29) is 74.1 Å². The van der Waals surface area contributed by atoms with E-state index in [1.54, 1.807) is 34.0 Å². The molecule has 15 nitrogen and oxygen atoms in total. The predicted molar refractivity (Wildman–Crippen MR) is 261 cm³/mol. The molecule has 15 heteroatoms. The smallest absolute Gasteiger partial charge is 0.329 e. The van der Waals surface area contributed by atoms with Gasteiger partial charge < -0.3 is 48.6 Å². The molecule has 2 saturated heterocycles. The van der Waals surface area contributed by atoms with Crippen LogP contribution in [0.2, 0.25) is 0 Å². The summed E-state index contributed by atoms with van der Waals surface area (Å²) < 4.78 is 35.9. The van der Waals surface area contributed by atoms with Crippen LogP contribution in [0.4, 0.5) is 0 Å². The van der Waals surface area contributed by atoms with Crippen LogP contribution in [0.5, 0.6) is 0 Å². The number of rotatable bonds is 10. The van der Waals surface area contributed by atoms with Crippen LogP contribution in [0.3, 0.4) is 0 Å². The molecule has 3 heterocycles. The van der Waals surface area contributed by atoms with Gasteiger partial charge in [0, 0.05) is 58.0 Å². The molecule has 69 heavy (non-hydrogen) atoms. The van der Waals surface area contributed by atoms with Crippen molar-refractivity contribution in [2.75, 3.05) is 40.6 Å². The molecule has 15 atom stereocenters. The molecule has 3 N–H and O–H groups in total. The molecule has 4 rings (SSSR count). The van der Waals surface area contributed by atoms with E-state index in [1.165, 1.54) is 12.0 Å². The molecule has 1 saturated carbocycles. The van der Waals surface area contributed by atoms with Crippen molar-refractivity contribution in [2.45, 2.75) is 187 Å². The first-order valence-corrected chi connectivity index (χ1v) is 25.6. The average molecular weight is 972 g/mol. The molecule has 0 aromatic heterocycles. The standard InChI is InChI=1S/C54H85NO14/c1-11-66-45-31-41-22-20-39(8)54(63,69-41)51(60)52(61)55-24-16-15-19-42(55)53(62)68-46(36(5)29-40-21-23-44(67-26-25-56)47(30-40)64-9)32-43(57)35(4)28-38(7)49(59)50(65-10)48(58)37(6)27-33(2)17-13-12-14-18-34(45)3/h12-14,17-18,28,33,35-37,39-42,44-47,49-50,56,59,63H,11,15-16,19-27,29-32H2,1-10H3/b14-12+,17-13+,34-18+,38-28+/t33-,35-,36-,37-,39-,40+,41?,42+,44-,45+,46+,47-,49-,50+,54-/m1/s1. The summed E-state index contributed by atoms with van der Waals surface area (Å²) in [5, 5.41) is 32.9. The Labute approximate surface area is 411 Å². The number of methoxy groups -OCH3 is 2. The van der Waals surface area contributed by atoms with Gasteiger partial charge in [-0.05, 0) is 114 Å². The number of ketones is 3. The van der Waals surface area contributed by atoms with Gasteiger partial charge >= 0.3 is 5.97 Å². The maximum absolute atomic E-state index is 14.5. The molecular weight excluding hydrogens is 887 g/mol. The lowest BCUT2D eigenvalue weighted by Crippen LogP contribution is -2.61. The van der Waals surface area contributed by atoms with Gasteiger partial charge in [0.15, 0.2) is 5.78 Å². The molecule has 390 valence electrons. The Morgan fingerprint density at radius 1 is 0.870 bits per heavy atom. The quantitative estimate of drug-likeness (QED) is 0.120. The summed E-state index contributed by atoms with van der Waals surface area (Å²) in [4.78, 5) is 72.3. The molecule has 0 radical (unpaired) electrons. The number of esters is 1. The number of cyclic esters (lactones) is 1. The lowest BCUT2D eigenvalue weighted by Gasteiger charge is -2.43. The molecule has 3 aliphatic heterocycles. The second-order valence-corrected chi connectivity index (χ2v) is 20.4. The van der Waals surface area contributed by atoms with Gasteiger partial charge in [-0.25, -0.2) is 4.79 Å². The highest BCUT2D eigenvalue weighted by molar-refractivity contribution is 6.39. The first-order valence-electron chi connectivity index (χ1n) is 25.6. The zero-order chi connectivity index (χ0) is 51.0. The summed E-state index contributed by atoms with van der Waals surface area (Å²) in [6.45, 7) is 15.2. The van der Waals surface area contributed by atoms with E-state index in [1.807, 2.05) is 65.0 Å². The van der Waals surface area contributed by atoms with Crippen LogP contribution in [0, 0.1) is 35.5 Å². The van der Waals surface area contributed by atoms with Crippen molar-refractivity contribution in [3.05, 3.63) is 47.6 Å².